The van der Waals surface area contributed by atoms with E-state index in [9.17, 15) is 18.0 Å². The normalized spacial score (nSPS) is 11.4. The summed E-state index contributed by atoms with van der Waals surface area (Å²) in [7, 11) is 0. The van der Waals surface area contributed by atoms with Crippen molar-refractivity contribution in [2.45, 2.75) is 6.18 Å². The van der Waals surface area contributed by atoms with Gasteiger partial charge in [0.05, 0.1) is 18.8 Å². The minimum Gasteiger partial charge on any atom is -0.324 e. The number of hydrogen-bond acceptors (Lipinski definition) is 3. The molecular formula is C8H9F3N2OS. The highest BCUT2D eigenvalue weighted by Crippen LogP contribution is 2.12. The Balaban J connectivity index is 2.20. The molecule has 2 N–H and O–H groups in total. The summed E-state index contributed by atoms with van der Waals surface area (Å²) in [4.78, 5) is 11.1. The third-order valence-corrected chi connectivity index (χ3v) is 2.10. The summed E-state index contributed by atoms with van der Waals surface area (Å²) in [5.74, 6) is -0.488. The lowest BCUT2D eigenvalue weighted by Crippen LogP contribution is -2.35. The number of alkyl halides is 3. The van der Waals surface area contributed by atoms with Crippen LogP contribution in [0.1, 0.15) is 0 Å². The number of carbonyl (C=O) groups is 1. The fraction of sp³-hybridized carbons (Fsp3) is 0.375. The smallest absolute Gasteiger partial charge is 0.324 e. The molecule has 1 aromatic rings. The zero-order valence-corrected chi connectivity index (χ0v) is 8.41. The molecule has 1 amide bonds. The average Bonchev–Trinajstić information content (AvgIpc) is 2.54. The Morgan fingerprint density at radius 1 is 1.47 bits per heavy atom. The zero-order valence-electron chi connectivity index (χ0n) is 7.60. The maximum atomic E-state index is 11.7. The minimum atomic E-state index is -4.29. The molecule has 0 aliphatic rings. The van der Waals surface area contributed by atoms with Crippen molar-refractivity contribution in [3.05, 3.63) is 16.8 Å². The second-order valence-corrected chi connectivity index (χ2v) is 3.56. The summed E-state index contributed by atoms with van der Waals surface area (Å²) in [6.45, 7) is -1.51. The van der Waals surface area contributed by atoms with E-state index in [4.69, 9.17) is 0 Å². The second kappa shape index (κ2) is 5.13. The zero-order chi connectivity index (χ0) is 11.3. The van der Waals surface area contributed by atoms with Crippen molar-refractivity contribution in [1.29, 1.82) is 0 Å². The maximum absolute atomic E-state index is 11.7. The van der Waals surface area contributed by atoms with Crippen molar-refractivity contribution < 1.29 is 18.0 Å². The van der Waals surface area contributed by atoms with Gasteiger partial charge < -0.3 is 10.6 Å². The lowest BCUT2D eigenvalue weighted by molar-refractivity contribution is -0.126. The van der Waals surface area contributed by atoms with Crippen LogP contribution in [-0.2, 0) is 4.79 Å². The molecule has 1 heterocycles. The van der Waals surface area contributed by atoms with Gasteiger partial charge in [-0.2, -0.15) is 24.5 Å². The SMILES string of the molecule is O=C(CNCC(F)(F)F)Nc1ccsc1. The van der Waals surface area contributed by atoms with Crippen molar-refractivity contribution >= 4 is 22.9 Å². The second-order valence-electron chi connectivity index (χ2n) is 2.78. The van der Waals surface area contributed by atoms with Gasteiger partial charge in [0.2, 0.25) is 5.91 Å². The van der Waals surface area contributed by atoms with Gasteiger partial charge in [-0.15, -0.1) is 0 Å². The average molecular weight is 238 g/mol. The van der Waals surface area contributed by atoms with Crippen molar-refractivity contribution in [2.24, 2.45) is 0 Å². The summed E-state index contributed by atoms with van der Waals surface area (Å²) >= 11 is 1.39. The van der Waals surface area contributed by atoms with Crippen LogP contribution in [0.3, 0.4) is 0 Å². The van der Waals surface area contributed by atoms with Gasteiger partial charge in [-0.1, -0.05) is 0 Å². The fourth-order valence-electron chi connectivity index (χ4n) is 0.859. The number of hydrogen-bond donors (Lipinski definition) is 2. The van der Waals surface area contributed by atoms with Crippen LogP contribution in [0.4, 0.5) is 18.9 Å². The summed E-state index contributed by atoms with van der Waals surface area (Å²) in [5, 5.41) is 7.91. The number of halogens is 3. The third-order valence-electron chi connectivity index (χ3n) is 1.42. The first-order valence-electron chi connectivity index (χ1n) is 4.07. The van der Waals surface area contributed by atoms with E-state index in [0.29, 0.717) is 5.69 Å². The lowest BCUT2D eigenvalue weighted by Gasteiger charge is -2.07. The molecule has 7 heteroatoms. The lowest BCUT2D eigenvalue weighted by atomic mass is 10.4. The van der Waals surface area contributed by atoms with Crippen molar-refractivity contribution in [3.8, 4) is 0 Å². The number of anilines is 1. The molecule has 0 aliphatic carbocycles. The molecule has 0 aromatic carbocycles. The molecule has 0 bridgehead atoms. The van der Waals surface area contributed by atoms with Crippen LogP contribution in [0.5, 0.6) is 0 Å². The van der Waals surface area contributed by atoms with E-state index >= 15 is 0 Å². The highest BCUT2D eigenvalue weighted by atomic mass is 32.1. The van der Waals surface area contributed by atoms with Crippen molar-refractivity contribution in [2.75, 3.05) is 18.4 Å². The van der Waals surface area contributed by atoms with Gasteiger partial charge in [-0.3, -0.25) is 4.79 Å². The Kier molecular flexibility index (Phi) is 4.10. The summed E-state index contributed by atoms with van der Waals surface area (Å²) in [6.07, 6.45) is -4.29. The number of thiophene rings is 1. The van der Waals surface area contributed by atoms with E-state index in [1.807, 2.05) is 5.32 Å². The Morgan fingerprint density at radius 3 is 2.73 bits per heavy atom. The Morgan fingerprint density at radius 2 is 2.20 bits per heavy atom. The van der Waals surface area contributed by atoms with E-state index in [2.05, 4.69) is 5.32 Å². The molecule has 1 aromatic heterocycles. The van der Waals surface area contributed by atoms with Crippen LogP contribution < -0.4 is 10.6 Å². The van der Waals surface area contributed by atoms with Gasteiger partial charge in [0.1, 0.15) is 0 Å². The van der Waals surface area contributed by atoms with Crippen LogP contribution in [0.2, 0.25) is 0 Å². The highest BCUT2D eigenvalue weighted by molar-refractivity contribution is 7.08. The third kappa shape index (κ3) is 5.38. The summed E-state index contributed by atoms with van der Waals surface area (Å²) in [5.41, 5.74) is 0.596. The van der Waals surface area contributed by atoms with Crippen LogP contribution >= 0.6 is 11.3 Å². The van der Waals surface area contributed by atoms with Crippen LogP contribution in [-0.4, -0.2) is 25.2 Å². The number of rotatable bonds is 4. The number of carbonyl (C=O) groups excluding carboxylic acids is 1. The Bertz CT molecular complexity index is 310. The molecule has 84 valence electrons. The van der Waals surface area contributed by atoms with Gasteiger partial charge >= 0.3 is 6.18 Å². The van der Waals surface area contributed by atoms with Gasteiger partial charge in [0, 0.05) is 5.38 Å². The first-order chi connectivity index (χ1) is 6.97. The largest absolute Gasteiger partial charge is 0.401 e. The predicted molar refractivity (Wildman–Crippen MR) is 51.9 cm³/mol. The van der Waals surface area contributed by atoms with E-state index in [0.717, 1.165) is 0 Å². The molecule has 3 nitrogen and oxygen atoms in total. The molecule has 0 spiro atoms. The molecule has 0 radical (unpaired) electrons. The standard InChI is InChI=1S/C8H9F3N2OS/c9-8(10,11)5-12-3-7(14)13-6-1-2-15-4-6/h1-2,4,12H,3,5H2,(H,13,14). The molecule has 0 atom stereocenters. The van der Waals surface area contributed by atoms with Gasteiger partial charge in [0.25, 0.3) is 0 Å². The monoisotopic (exact) mass is 238 g/mol. The predicted octanol–water partition coefficient (Wildman–Crippen LogP) is 1.84. The van der Waals surface area contributed by atoms with E-state index in [1.165, 1.54) is 11.3 Å². The fourth-order valence-corrected chi connectivity index (χ4v) is 1.45. The summed E-state index contributed by atoms with van der Waals surface area (Å²) < 4.78 is 35.1. The highest BCUT2D eigenvalue weighted by Gasteiger charge is 2.26. The van der Waals surface area contributed by atoms with Crippen molar-refractivity contribution in [1.82, 2.24) is 5.32 Å². The van der Waals surface area contributed by atoms with E-state index < -0.39 is 18.6 Å². The topological polar surface area (TPSA) is 41.1 Å². The van der Waals surface area contributed by atoms with Gasteiger partial charge in [-0.25, -0.2) is 0 Å². The summed E-state index contributed by atoms with van der Waals surface area (Å²) in [6, 6.07) is 1.67. The molecular weight excluding hydrogens is 229 g/mol. The van der Waals surface area contributed by atoms with Crippen molar-refractivity contribution in [3.63, 3.8) is 0 Å². The molecule has 0 saturated carbocycles. The van der Waals surface area contributed by atoms with E-state index in [1.54, 1.807) is 16.8 Å². The Hall–Kier alpha value is -1.08. The molecule has 1 rings (SSSR count). The molecule has 15 heavy (non-hydrogen) atoms. The molecule has 0 aliphatic heterocycles. The molecule has 0 fully saturated rings. The first kappa shape index (κ1) is 12.0. The number of nitrogens with one attached hydrogen (secondary N) is 2. The molecule has 0 saturated heterocycles. The van der Waals surface area contributed by atoms with E-state index in [-0.39, 0.29) is 6.54 Å². The Labute approximate surface area is 88.3 Å². The van der Waals surface area contributed by atoms with Crippen LogP contribution in [0.15, 0.2) is 16.8 Å². The number of amides is 1. The van der Waals surface area contributed by atoms with Gasteiger partial charge in [-0.05, 0) is 11.4 Å². The van der Waals surface area contributed by atoms with Crippen LogP contribution in [0, 0.1) is 0 Å². The first-order valence-corrected chi connectivity index (χ1v) is 5.01. The van der Waals surface area contributed by atoms with Gasteiger partial charge in [0.15, 0.2) is 0 Å². The maximum Gasteiger partial charge on any atom is 0.401 e. The molecule has 0 unspecified atom stereocenters. The van der Waals surface area contributed by atoms with Crippen LogP contribution in [0.25, 0.3) is 0 Å². The minimum absolute atomic E-state index is 0.352. The quantitative estimate of drug-likeness (QED) is 0.840.